The highest BCUT2D eigenvalue weighted by Gasteiger charge is 2.17. The summed E-state index contributed by atoms with van der Waals surface area (Å²) in [5.41, 5.74) is -0.772. The highest BCUT2D eigenvalue weighted by molar-refractivity contribution is 7.90. The first-order valence-electron chi connectivity index (χ1n) is 3.82. The van der Waals surface area contributed by atoms with Crippen molar-refractivity contribution in [3.63, 3.8) is 0 Å². The van der Waals surface area contributed by atoms with Gasteiger partial charge in [0.05, 0.1) is 16.6 Å². The number of nitro benzene ring substituents is 1. The zero-order valence-corrected chi connectivity index (χ0v) is 8.56. The van der Waals surface area contributed by atoms with Crippen LogP contribution in [0.15, 0.2) is 18.2 Å². The van der Waals surface area contributed by atoms with Gasteiger partial charge in [0.1, 0.15) is 5.69 Å². The molecule has 0 saturated carbocycles. The lowest BCUT2D eigenvalue weighted by atomic mass is 10.2. The highest BCUT2D eigenvalue weighted by Crippen LogP contribution is 2.25. The predicted molar refractivity (Wildman–Crippen MR) is 54.5 cm³/mol. The van der Waals surface area contributed by atoms with Crippen molar-refractivity contribution >= 4 is 21.6 Å². The lowest BCUT2D eigenvalue weighted by Gasteiger charge is -2.04. The molecule has 0 aromatic heterocycles. The number of benzene rings is 1. The second-order valence-electron chi connectivity index (χ2n) is 2.75. The van der Waals surface area contributed by atoms with E-state index in [0.29, 0.717) is 0 Å². The van der Waals surface area contributed by atoms with Crippen molar-refractivity contribution in [1.29, 1.82) is 5.26 Å². The van der Waals surface area contributed by atoms with Crippen LogP contribution >= 0.6 is 0 Å². The zero-order chi connectivity index (χ0) is 12.3. The molecule has 84 valence electrons. The van der Waals surface area contributed by atoms with Crippen molar-refractivity contribution in [1.82, 2.24) is 0 Å². The van der Waals surface area contributed by atoms with Crippen molar-refractivity contribution in [3.8, 4) is 6.07 Å². The number of hydrogen-bond acceptors (Lipinski definition) is 5. The smallest absolute Gasteiger partial charge is 0.264 e. The van der Waals surface area contributed by atoms with E-state index < -0.39 is 20.8 Å². The Morgan fingerprint density at radius 1 is 1.50 bits per heavy atom. The molecule has 0 unspecified atom stereocenters. The molecular formula is C7H6N4O4S. The Morgan fingerprint density at radius 2 is 2.12 bits per heavy atom. The van der Waals surface area contributed by atoms with Crippen LogP contribution in [0.1, 0.15) is 5.56 Å². The van der Waals surface area contributed by atoms with Crippen LogP contribution in [-0.2, 0) is 10.2 Å². The van der Waals surface area contributed by atoms with Gasteiger partial charge in [0, 0.05) is 6.07 Å². The summed E-state index contributed by atoms with van der Waals surface area (Å²) in [5, 5.41) is 23.8. The molecule has 0 saturated heterocycles. The van der Waals surface area contributed by atoms with E-state index in [1.165, 1.54) is 6.07 Å². The van der Waals surface area contributed by atoms with Gasteiger partial charge >= 0.3 is 0 Å². The third-order valence-corrected chi connectivity index (χ3v) is 2.08. The number of nitrogens with one attached hydrogen (secondary N) is 1. The Morgan fingerprint density at radius 3 is 2.56 bits per heavy atom. The van der Waals surface area contributed by atoms with E-state index in [1.54, 1.807) is 10.8 Å². The van der Waals surface area contributed by atoms with Gasteiger partial charge in [-0.1, -0.05) is 0 Å². The largest absolute Gasteiger partial charge is 0.296 e. The quantitative estimate of drug-likeness (QED) is 0.570. The Balaban J connectivity index is 3.30. The standard InChI is InChI=1S/C7H6N4O4S/c8-4-5-1-2-6(10-16(9,14)15)7(3-5)11(12)13/h1-3,10H,(H2,9,14,15). The van der Waals surface area contributed by atoms with Crippen LogP contribution in [0.3, 0.4) is 0 Å². The number of nitriles is 1. The molecule has 0 bridgehead atoms. The molecule has 16 heavy (non-hydrogen) atoms. The highest BCUT2D eigenvalue weighted by atomic mass is 32.2. The minimum absolute atomic E-state index is 0.0478. The molecule has 0 atom stereocenters. The number of nitrogens with two attached hydrogens (primary N) is 1. The molecule has 0 fully saturated rings. The maximum Gasteiger partial charge on any atom is 0.296 e. The van der Waals surface area contributed by atoms with Gasteiger partial charge in [0.25, 0.3) is 15.9 Å². The van der Waals surface area contributed by atoms with E-state index in [-0.39, 0.29) is 11.3 Å². The molecule has 0 heterocycles. The van der Waals surface area contributed by atoms with Crippen LogP contribution in [0.5, 0.6) is 0 Å². The van der Waals surface area contributed by atoms with Crippen LogP contribution in [-0.4, -0.2) is 13.3 Å². The minimum atomic E-state index is -4.09. The second kappa shape index (κ2) is 4.13. The van der Waals surface area contributed by atoms with Gasteiger partial charge in [-0.2, -0.15) is 13.7 Å². The Bertz CT molecular complexity index is 575. The summed E-state index contributed by atoms with van der Waals surface area (Å²) < 4.78 is 23.2. The summed E-state index contributed by atoms with van der Waals surface area (Å²) in [6.07, 6.45) is 0. The fourth-order valence-electron chi connectivity index (χ4n) is 0.992. The van der Waals surface area contributed by atoms with E-state index in [0.717, 1.165) is 12.1 Å². The molecule has 8 nitrogen and oxygen atoms in total. The SMILES string of the molecule is N#Cc1ccc(NS(N)(=O)=O)c([N+](=O)[O-])c1. The summed E-state index contributed by atoms with van der Waals surface area (Å²) in [4.78, 5) is 9.79. The number of nitrogens with zero attached hydrogens (tertiary/aromatic N) is 2. The molecule has 0 aliphatic rings. The molecule has 0 aliphatic heterocycles. The summed E-state index contributed by atoms with van der Waals surface area (Å²) in [6.45, 7) is 0. The summed E-state index contributed by atoms with van der Waals surface area (Å²) in [5.74, 6) is 0. The third kappa shape index (κ3) is 2.91. The van der Waals surface area contributed by atoms with Crippen molar-refractivity contribution in [2.24, 2.45) is 5.14 Å². The third-order valence-electron chi connectivity index (χ3n) is 1.58. The van der Waals surface area contributed by atoms with Crippen molar-refractivity contribution in [2.75, 3.05) is 4.72 Å². The normalized spacial score (nSPS) is 10.5. The van der Waals surface area contributed by atoms with Gasteiger partial charge in [0.15, 0.2) is 0 Å². The maximum absolute atomic E-state index is 10.7. The summed E-state index contributed by atoms with van der Waals surface area (Å²) in [6, 6.07) is 4.99. The second-order valence-corrected chi connectivity index (χ2v) is 4.04. The van der Waals surface area contributed by atoms with Crippen LogP contribution in [0.25, 0.3) is 0 Å². The average molecular weight is 242 g/mol. The van der Waals surface area contributed by atoms with Crippen LogP contribution < -0.4 is 9.86 Å². The van der Waals surface area contributed by atoms with Crippen molar-refractivity contribution < 1.29 is 13.3 Å². The fourth-order valence-corrected chi connectivity index (χ4v) is 1.47. The summed E-state index contributed by atoms with van der Waals surface area (Å²) in [7, 11) is -4.09. The van der Waals surface area contributed by atoms with Gasteiger partial charge in [0.2, 0.25) is 0 Å². The number of hydrogen-bond donors (Lipinski definition) is 2. The monoisotopic (exact) mass is 242 g/mol. The molecule has 0 aliphatic carbocycles. The van der Waals surface area contributed by atoms with Gasteiger partial charge < -0.3 is 0 Å². The molecule has 3 N–H and O–H groups in total. The number of anilines is 1. The lowest BCUT2D eigenvalue weighted by molar-refractivity contribution is -0.383. The zero-order valence-electron chi connectivity index (χ0n) is 7.75. The lowest BCUT2D eigenvalue weighted by Crippen LogP contribution is -2.22. The van der Waals surface area contributed by atoms with Crippen LogP contribution in [0.2, 0.25) is 0 Å². The van der Waals surface area contributed by atoms with E-state index in [4.69, 9.17) is 5.26 Å². The molecule has 0 radical (unpaired) electrons. The average Bonchev–Trinajstić information content (AvgIpc) is 2.15. The fraction of sp³-hybridized carbons (Fsp3) is 0. The van der Waals surface area contributed by atoms with E-state index >= 15 is 0 Å². The molecule has 9 heteroatoms. The Hall–Kier alpha value is -2.18. The van der Waals surface area contributed by atoms with E-state index in [9.17, 15) is 18.5 Å². The molecule has 0 spiro atoms. The molecule has 1 rings (SSSR count). The minimum Gasteiger partial charge on any atom is -0.264 e. The first-order valence-corrected chi connectivity index (χ1v) is 5.37. The first-order chi connectivity index (χ1) is 7.33. The number of rotatable bonds is 3. The Kier molecular flexibility index (Phi) is 3.07. The van der Waals surface area contributed by atoms with Gasteiger partial charge in [-0.05, 0) is 12.1 Å². The van der Waals surface area contributed by atoms with Crippen LogP contribution in [0.4, 0.5) is 11.4 Å². The van der Waals surface area contributed by atoms with E-state index in [1.807, 2.05) is 0 Å². The van der Waals surface area contributed by atoms with Crippen molar-refractivity contribution in [2.45, 2.75) is 0 Å². The summed E-state index contributed by atoms with van der Waals surface area (Å²) >= 11 is 0. The predicted octanol–water partition coefficient (Wildman–Crippen LogP) is 0.0819. The molecule has 1 aromatic rings. The molecule has 1 aromatic carbocycles. The maximum atomic E-state index is 10.7. The first kappa shape index (κ1) is 11.9. The number of nitro groups is 1. The van der Waals surface area contributed by atoms with Crippen molar-refractivity contribution in [3.05, 3.63) is 33.9 Å². The topological polar surface area (TPSA) is 139 Å². The molecular weight excluding hydrogens is 236 g/mol. The van der Waals surface area contributed by atoms with Crippen LogP contribution in [0, 0.1) is 21.4 Å². The van der Waals surface area contributed by atoms with E-state index in [2.05, 4.69) is 5.14 Å². The molecule has 0 amide bonds. The van der Waals surface area contributed by atoms with Gasteiger partial charge in [-0.25, -0.2) is 5.14 Å². The van der Waals surface area contributed by atoms with Gasteiger partial charge in [-0.15, -0.1) is 0 Å². The Labute approximate surface area is 90.6 Å². The van der Waals surface area contributed by atoms with Gasteiger partial charge in [-0.3, -0.25) is 14.8 Å².